The molecule has 2 N–H and O–H groups in total. The third kappa shape index (κ3) is 2.57. The van der Waals surface area contributed by atoms with E-state index in [-0.39, 0.29) is 0 Å². The van der Waals surface area contributed by atoms with Crippen molar-refractivity contribution in [2.45, 2.75) is 9.79 Å². The Morgan fingerprint density at radius 2 is 1.85 bits per heavy atom. The fraction of sp³-hybridized carbons (Fsp3) is 0. The molecule has 0 fully saturated rings. The Morgan fingerprint density at radius 3 is 2.65 bits per heavy atom. The predicted molar refractivity (Wildman–Crippen MR) is 86.7 cm³/mol. The van der Waals surface area contributed by atoms with Gasteiger partial charge in [-0.05, 0) is 42.5 Å². The van der Waals surface area contributed by atoms with Crippen LogP contribution >= 0.6 is 35.0 Å². The van der Waals surface area contributed by atoms with Crippen LogP contribution in [0.2, 0.25) is 10.0 Å². The molecule has 3 rings (SSSR count). The highest BCUT2D eigenvalue weighted by molar-refractivity contribution is 7.99. The molecule has 0 aliphatic heterocycles. The molecule has 0 saturated heterocycles. The number of nitrogens with zero attached hydrogens (tertiary/aromatic N) is 1. The third-order valence-corrected chi connectivity index (χ3v) is 4.66. The molecule has 5 heteroatoms. The Labute approximate surface area is 130 Å². The smallest absolute Gasteiger partial charge is 0.0861 e. The van der Waals surface area contributed by atoms with Gasteiger partial charge in [-0.3, -0.25) is 4.98 Å². The van der Waals surface area contributed by atoms with Gasteiger partial charge in [0.2, 0.25) is 0 Å². The van der Waals surface area contributed by atoms with Gasteiger partial charge in [-0.25, -0.2) is 0 Å². The molecule has 0 unspecified atom stereocenters. The summed E-state index contributed by atoms with van der Waals surface area (Å²) in [5.74, 6) is 0. The number of pyridine rings is 1. The Morgan fingerprint density at radius 1 is 1.00 bits per heavy atom. The number of halogens is 2. The number of rotatable bonds is 2. The molecule has 2 nitrogen and oxygen atoms in total. The predicted octanol–water partition coefficient (Wildman–Crippen LogP) is 5.28. The van der Waals surface area contributed by atoms with Crippen LogP contribution in [0.5, 0.6) is 0 Å². The highest BCUT2D eigenvalue weighted by atomic mass is 35.5. The van der Waals surface area contributed by atoms with Crippen molar-refractivity contribution >= 4 is 51.6 Å². The minimum absolute atomic E-state index is 0.546. The van der Waals surface area contributed by atoms with Crippen molar-refractivity contribution in [2.75, 3.05) is 5.73 Å². The van der Waals surface area contributed by atoms with E-state index in [0.29, 0.717) is 10.0 Å². The van der Waals surface area contributed by atoms with E-state index >= 15 is 0 Å². The molecule has 0 spiro atoms. The van der Waals surface area contributed by atoms with E-state index < -0.39 is 0 Å². The quantitative estimate of drug-likeness (QED) is 0.653. The minimum Gasteiger partial charge on any atom is -0.398 e. The van der Waals surface area contributed by atoms with Gasteiger partial charge in [0, 0.05) is 27.1 Å². The maximum atomic E-state index is 6.04. The number of hydrogen-bond donors (Lipinski definition) is 1. The molecule has 0 saturated carbocycles. The number of fused-ring (bicyclic) bond motifs is 1. The lowest BCUT2D eigenvalue weighted by Gasteiger charge is -2.08. The molecule has 0 atom stereocenters. The molecule has 100 valence electrons. The van der Waals surface area contributed by atoms with E-state index in [1.807, 2.05) is 36.4 Å². The van der Waals surface area contributed by atoms with Crippen molar-refractivity contribution in [3.8, 4) is 0 Å². The highest BCUT2D eigenvalue weighted by Crippen LogP contribution is 2.36. The molecule has 20 heavy (non-hydrogen) atoms. The first kappa shape index (κ1) is 13.6. The van der Waals surface area contributed by atoms with Crippen molar-refractivity contribution in [3.63, 3.8) is 0 Å². The van der Waals surface area contributed by atoms with E-state index in [1.54, 1.807) is 24.0 Å². The number of benzene rings is 2. The molecular formula is C15H10Cl2N2S. The van der Waals surface area contributed by atoms with Crippen molar-refractivity contribution in [2.24, 2.45) is 0 Å². The summed E-state index contributed by atoms with van der Waals surface area (Å²) >= 11 is 13.6. The second kappa shape index (κ2) is 5.52. The van der Waals surface area contributed by atoms with Gasteiger partial charge in [0.15, 0.2) is 0 Å². The molecule has 1 aromatic heterocycles. The van der Waals surface area contributed by atoms with Gasteiger partial charge in [0.25, 0.3) is 0 Å². The highest BCUT2D eigenvalue weighted by Gasteiger charge is 2.08. The van der Waals surface area contributed by atoms with Crippen LogP contribution in [0.3, 0.4) is 0 Å². The van der Waals surface area contributed by atoms with Crippen LogP contribution in [-0.4, -0.2) is 4.98 Å². The zero-order chi connectivity index (χ0) is 14.1. The standard InChI is InChI=1S/C15H10Cl2N2S/c16-11-4-3-9(8-12(11)17)20-14-6-5-13(18)10-2-1-7-19-15(10)14/h1-8H,18H2. The summed E-state index contributed by atoms with van der Waals surface area (Å²) in [6, 6.07) is 13.3. The molecule has 0 aliphatic carbocycles. The summed E-state index contributed by atoms with van der Waals surface area (Å²) in [4.78, 5) is 6.46. The van der Waals surface area contributed by atoms with E-state index in [2.05, 4.69) is 4.98 Å². The fourth-order valence-corrected chi connectivity index (χ4v) is 3.24. The molecule has 0 bridgehead atoms. The fourth-order valence-electron chi connectivity index (χ4n) is 1.92. The monoisotopic (exact) mass is 320 g/mol. The first-order chi connectivity index (χ1) is 9.65. The van der Waals surface area contributed by atoms with Crippen molar-refractivity contribution in [3.05, 3.63) is 58.7 Å². The van der Waals surface area contributed by atoms with Crippen molar-refractivity contribution in [1.82, 2.24) is 4.98 Å². The normalized spacial score (nSPS) is 10.9. The van der Waals surface area contributed by atoms with Gasteiger partial charge in [-0.15, -0.1) is 0 Å². The number of nitrogens with two attached hydrogens (primary N) is 1. The summed E-state index contributed by atoms with van der Waals surface area (Å²) in [5, 5.41) is 2.05. The van der Waals surface area contributed by atoms with Crippen LogP contribution in [0, 0.1) is 0 Å². The second-order valence-electron chi connectivity index (χ2n) is 4.23. The second-order valence-corrected chi connectivity index (χ2v) is 6.16. The number of nitrogen functional groups attached to an aromatic ring is 1. The van der Waals surface area contributed by atoms with E-state index in [9.17, 15) is 0 Å². The van der Waals surface area contributed by atoms with E-state index in [4.69, 9.17) is 28.9 Å². The zero-order valence-electron chi connectivity index (χ0n) is 10.3. The maximum absolute atomic E-state index is 6.04. The molecule has 0 radical (unpaired) electrons. The summed E-state index contributed by atoms with van der Waals surface area (Å²) in [6.07, 6.45) is 1.76. The Kier molecular flexibility index (Phi) is 3.74. The van der Waals surface area contributed by atoms with Crippen molar-refractivity contribution < 1.29 is 0 Å². The number of aromatic nitrogens is 1. The molecule has 2 aromatic carbocycles. The van der Waals surface area contributed by atoms with Crippen LogP contribution in [-0.2, 0) is 0 Å². The average molecular weight is 321 g/mol. The number of anilines is 1. The Hall–Kier alpha value is -1.42. The lowest BCUT2D eigenvalue weighted by Crippen LogP contribution is -1.90. The molecule has 0 aliphatic rings. The van der Waals surface area contributed by atoms with Gasteiger partial charge >= 0.3 is 0 Å². The summed E-state index contributed by atoms with van der Waals surface area (Å²) in [5.41, 5.74) is 7.60. The average Bonchev–Trinajstić information content (AvgIpc) is 2.46. The zero-order valence-corrected chi connectivity index (χ0v) is 12.6. The minimum atomic E-state index is 0.546. The van der Waals surface area contributed by atoms with Gasteiger partial charge in [-0.2, -0.15) is 0 Å². The SMILES string of the molecule is Nc1ccc(Sc2ccc(Cl)c(Cl)c2)c2ncccc12. The van der Waals surface area contributed by atoms with Gasteiger partial charge in [0.05, 0.1) is 15.6 Å². The van der Waals surface area contributed by atoms with Crippen LogP contribution in [0.25, 0.3) is 10.9 Å². The molecule has 3 aromatic rings. The largest absolute Gasteiger partial charge is 0.398 e. The van der Waals surface area contributed by atoms with E-state index in [1.165, 1.54) is 0 Å². The van der Waals surface area contributed by atoms with E-state index in [0.717, 1.165) is 26.4 Å². The number of hydrogen-bond acceptors (Lipinski definition) is 3. The summed E-state index contributed by atoms with van der Waals surface area (Å²) in [6.45, 7) is 0. The summed E-state index contributed by atoms with van der Waals surface area (Å²) < 4.78 is 0. The Balaban J connectivity index is 2.06. The van der Waals surface area contributed by atoms with Crippen LogP contribution < -0.4 is 5.73 Å². The topological polar surface area (TPSA) is 38.9 Å². The van der Waals surface area contributed by atoms with Gasteiger partial charge in [0.1, 0.15) is 0 Å². The third-order valence-electron chi connectivity index (χ3n) is 2.89. The van der Waals surface area contributed by atoms with Gasteiger partial charge in [-0.1, -0.05) is 35.0 Å². The van der Waals surface area contributed by atoms with Crippen LogP contribution in [0.15, 0.2) is 58.5 Å². The lowest BCUT2D eigenvalue weighted by molar-refractivity contribution is 1.34. The Bertz CT molecular complexity index is 790. The maximum Gasteiger partial charge on any atom is 0.0861 e. The van der Waals surface area contributed by atoms with Crippen molar-refractivity contribution in [1.29, 1.82) is 0 Å². The molecule has 1 heterocycles. The lowest BCUT2D eigenvalue weighted by atomic mass is 10.2. The van der Waals surface area contributed by atoms with Crippen LogP contribution in [0.1, 0.15) is 0 Å². The summed E-state index contributed by atoms with van der Waals surface area (Å²) in [7, 11) is 0. The molecular weight excluding hydrogens is 311 g/mol. The van der Waals surface area contributed by atoms with Crippen LogP contribution in [0.4, 0.5) is 5.69 Å². The molecule has 0 amide bonds. The first-order valence-electron chi connectivity index (χ1n) is 5.91. The van der Waals surface area contributed by atoms with Gasteiger partial charge < -0.3 is 5.73 Å². The first-order valence-corrected chi connectivity index (χ1v) is 7.48.